The van der Waals surface area contributed by atoms with Gasteiger partial charge in [0.25, 0.3) is 5.56 Å². The van der Waals surface area contributed by atoms with Gasteiger partial charge in [0.15, 0.2) is 0 Å². The largest absolute Gasteiger partial charge is 0.443 e. The van der Waals surface area contributed by atoms with Gasteiger partial charge in [0.2, 0.25) is 5.95 Å². The van der Waals surface area contributed by atoms with Gasteiger partial charge in [-0.3, -0.25) is 18.9 Å². The van der Waals surface area contributed by atoms with Crippen LogP contribution in [0, 0.1) is 6.92 Å². The fourth-order valence-corrected chi connectivity index (χ4v) is 5.87. The number of fused-ring (bicyclic) bond motifs is 2. The van der Waals surface area contributed by atoms with Gasteiger partial charge in [0.1, 0.15) is 16.9 Å². The zero-order valence-corrected chi connectivity index (χ0v) is 25.7. The molecule has 2 aliphatic heterocycles. The summed E-state index contributed by atoms with van der Waals surface area (Å²) in [4.78, 5) is 42.1. The van der Waals surface area contributed by atoms with E-state index in [0.717, 1.165) is 53.9 Å². The number of ether oxygens (including phenoxy) is 1. The summed E-state index contributed by atoms with van der Waals surface area (Å²) in [6, 6.07) is 8.02. The number of hydrogen-bond acceptors (Lipinski definition) is 9. The van der Waals surface area contributed by atoms with E-state index in [1.807, 2.05) is 67.7 Å². The number of rotatable bonds is 4. The Kier molecular flexibility index (Phi) is 7.33. The summed E-state index contributed by atoms with van der Waals surface area (Å²) in [7, 11) is 3.86. The van der Waals surface area contributed by atoms with Crippen molar-refractivity contribution in [1.82, 2.24) is 29.2 Å². The van der Waals surface area contributed by atoms with Crippen LogP contribution >= 0.6 is 0 Å². The van der Waals surface area contributed by atoms with E-state index < -0.39 is 11.7 Å². The molecule has 12 nitrogen and oxygen atoms in total. The highest BCUT2D eigenvalue weighted by Gasteiger charge is 2.33. The number of piperidine rings is 1. The van der Waals surface area contributed by atoms with Crippen LogP contribution in [-0.4, -0.2) is 74.1 Å². The molecule has 0 unspecified atom stereocenters. The molecule has 1 aromatic carbocycles. The minimum Gasteiger partial charge on any atom is -0.443 e. The molecule has 43 heavy (non-hydrogen) atoms. The number of amides is 1. The van der Waals surface area contributed by atoms with Gasteiger partial charge in [-0.05, 0) is 78.4 Å². The molecule has 6 rings (SSSR count). The standard InChI is InChI=1S/C31H39N9O3/c1-20-8-7-9-24-26(20)39(30(42)43-31(2,3)4)15-14-38(24)25-16-21-17-32-29(35-27(21)37(6)28(25)41)34-22-18-33-40(19-22)23-10-12-36(5)13-11-23/h7-9,16-19,23H,10-15H2,1-6H3,(H,32,34,35). The Hall–Kier alpha value is -4.45. The van der Waals surface area contributed by atoms with Gasteiger partial charge in [0.05, 0.1) is 29.3 Å². The van der Waals surface area contributed by atoms with E-state index in [1.165, 1.54) is 0 Å². The molecule has 2 aliphatic rings. The van der Waals surface area contributed by atoms with Crippen molar-refractivity contribution in [2.45, 2.75) is 52.2 Å². The average Bonchev–Trinajstić information content (AvgIpc) is 3.43. The first-order valence-corrected chi connectivity index (χ1v) is 14.7. The normalized spacial score (nSPS) is 16.4. The molecule has 0 radical (unpaired) electrons. The van der Waals surface area contributed by atoms with Crippen LogP contribution in [0.5, 0.6) is 0 Å². The Bertz CT molecular complexity index is 1730. The first-order valence-electron chi connectivity index (χ1n) is 14.7. The lowest BCUT2D eigenvalue weighted by Gasteiger charge is -2.39. The maximum atomic E-state index is 13.8. The number of likely N-dealkylation sites (tertiary alicyclic amines) is 1. The van der Waals surface area contributed by atoms with Gasteiger partial charge in [0, 0.05) is 37.9 Å². The summed E-state index contributed by atoms with van der Waals surface area (Å²) in [6.45, 7) is 10.4. The van der Waals surface area contributed by atoms with Crippen LogP contribution in [-0.2, 0) is 11.8 Å². The summed E-state index contributed by atoms with van der Waals surface area (Å²) in [5.41, 5.74) is 3.44. The second-order valence-electron chi connectivity index (χ2n) is 12.5. The molecule has 226 valence electrons. The van der Waals surface area contributed by atoms with E-state index in [2.05, 4.69) is 32.3 Å². The third-order valence-corrected chi connectivity index (χ3v) is 8.08. The number of carbonyl (C=O) groups excluding carboxylic acids is 1. The minimum atomic E-state index is -0.619. The van der Waals surface area contributed by atoms with Crippen LogP contribution in [0.2, 0.25) is 0 Å². The van der Waals surface area contributed by atoms with Crippen LogP contribution in [0.15, 0.2) is 47.7 Å². The number of aromatic nitrogens is 5. The highest BCUT2D eigenvalue weighted by atomic mass is 16.6. The van der Waals surface area contributed by atoms with Crippen molar-refractivity contribution in [1.29, 1.82) is 0 Å². The van der Waals surface area contributed by atoms with E-state index in [0.29, 0.717) is 36.4 Å². The summed E-state index contributed by atoms with van der Waals surface area (Å²) in [6.07, 6.45) is 7.22. The predicted octanol–water partition coefficient (Wildman–Crippen LogP) is 4.74. The minimum absolute atomic E-state index is 0.189. The van der Waals surface area contributed by atoms with Crippen molar-refractivity contribution in [3.05, 3.63) is 58.8 Å². The van der Waals surface area contributed by atoms with E-state index in [1.54, 1.807) is 28.9 Å². The van der Waals surface area contributed by atoms with E-state index >= 15 is 0 Å². The number of carbonyl (C=O) groups is 1. The van der Waals surface area contributed by atoms with E-state index in [4.69, 9.17) is 4.74 Å². The zero-order chi connectivity index (χ0) is 30.5. The van der Waals surface area contributed by atoms with Gasteiger partial charge < -0.3 is 19.9 Å². The van der Waals surface area contributed by atoms with Gasteiger partial charge in [-0.1, -0.05) is 12.1 Å². The monoisotopic (exact) mass is 585 g/mol. The predicted molar refractivity (Wildman–Crippen MR) is 168 cm³/mol. The lowest BCUT2D eigenvalue weighted by molar-refractivity contribution is 0.0580. The molecule has 4 aromatic rings. The van der Waals surface area contributed by atoms with Crippen molar-refractivity contribution >= 4 is 45.8 Å². The maximum Gasteiger partial charge on any atom is 0.414 e. The Labute approximate surface area is 250 Å². The molecule has 1 amide bonds. The van der Waals surface area contributed by atoms with E-state index in [9.17, 15) is 9.59 Å². The molecule has 0 saturated carbocycles. The molecule has 1 saturated heterocycles. The lowest BCUT2D eigenvalue weighted by Crippen LogP contribution is -2.46. The Balaban J connectivity index is 1.29. The van der Waals surface area contributed by atoms with Crippen LogP contribution in [0.25, 0.3) is 11.0 Å². The number of nitrogens with one attached hydrogen (secondary N) is 1. The van der Waals surface area contributed by atoms with Gasteiger partial charge >= 0.3 is 6.09 Å². The average molecular weight is 586 g/mol. The molecule has 0 aliphatic carbocycles. The number of anilines is 5. The van der Waals surface area contributed by atoms with Gasteiger partial charge in [-0.2, -0.15) is 10.1 Å². The van der Waals surface area contributed by atoms with Crippen molar-refractivity contribution < 1.29 is 9.53 Å². The Morgan fingerprint density at radius 3 is 2.56 bits per heavy atom. The van der Waals surface area contributed by atoms with E-state index in [-0.39, 0.29) is 5.56 Å². The van der Waals surface area contributed by atoms with Crippen molar-refractivity contribution in [3.8, 4) is 0 Å². The van der Waals surface area contributed by atoms with Crippen LogP contribution in [0.4, 0.5) is 33.5 Å². The number of benzene rings is 1. The summed E-state index contributed by atoms with van der Waals surface area (Å²) in [5.74, 6) is 0.394. The highest BCUT2D eigenvalue weighted by molar-refractivity contribution is 5.97. The fourth-order valence-electron chi connectivity index (χ4n) is 5.87. The molecule has 12 heteroatoms. The SMILES string of the molecule is Cc1cccc2c1N(C(=O)OC(C)(C)C)CCN2c1cc2cnc(Nc3cnn(C4CCN(C)CC4)c3)nc2n(C)c1=O. The number of hydrogen-bond donors (Lipinski definition) is 1. The number of pyridine rings is 1. The second kappa shape index (κ2) is 11.0. The molecule has 1 fully saturated rings. The maximum absolute atomic E-state index is 13.8. The molecule has 5 heterocycles. The summed E-state index contributed by atoms with van der Waals surface area (Å²) < 4.78 is 9.26. The zero-order valence-electron chi connectivity index (χ0n) is 25.7. The lowest BCUT2D eigenvalue weighted by atomic mass is 10.1. The molecule has 1 N–H and O–H groups in total. The number of aryl methyl sites for hydroxylation is 2. The molecule has 0 spiro atoms. The quantitative estimate of drug-likeness (QED) is 0.363. The van der Waals surface area contributed by atoms with Gasteiger partial charge in [-0.15, -0.1) is 0 Å². The third kappa shape index (κ3) is 5.66. The third-order valence-electron chi connectivity index (χ3n) is 8.08. The van der Waals surface area contributed by atoms with Crippen LogP contribution in [0.1, 0.15) is 45.2 Å². The van der Waals surface area contributed by atoms with Crippen molar-refractivity contribution in [3.63, 3.8) is 0 Å². The topological polar surface area (TPSA) is 114 Å². The number of para-hydroxylation sites is 1. The molecular formula is C31H39N9O3. The highest BCUT2D eigenvalue weighted by Crippen LogP contribution is 2.40. The summed E-state index contributed by atoms with van der Waals surface area (Å²) >= 11 is 0. The molecule has 3 aromatic heterocycles. The fraction of sp³-hybridized carbons (Fsp3) is 0.452. The summed E-state index contributed by atoms with van der Waals surface area (Å²) in [5, 5.41) is 8.54. The van der Waals surface area contributed by atoms with Crippen LogP contribution < -0.4 is 20.7 Å². The van der Waals surface area contributed by atoms with Crippen LogP contribution in [0.3, 0.4) is 0 Å². The van der Waals surface area contributed by atoms with Crippen molar-refractivity contribution in [2.24, 2.45) is 7.05 Å². The second-order valence-corrected chi connectivity index (χ2v) is 12.5. The Morgan fingerprint density at radius 2 is 1.81 bits per heavy atom. The van der Waals surface area contributed by atoms with Gasteiger partial charge in [-0.25, -0.2) is 9.78 Å². The van der Waals surface area contributed by atoms with Crippen molar-refractivity contribution in [2.75, 3.05) is 48.3 Å². The molecular weight excluding hydrogens is 546 g/mol. The Morgan fingerprint density at radius 1 is 1.05 bits per heavy atom. The first-order chi connectivity index (χ1) is 20.5. The first kappa shape index (κ1) is 28.7. The molecule has 0 atom stereocenters. The smallest absolute Gasteiger partial charge is 0.414 e. The number of nitrogens with zero attached hydrogens (tertiary/aromatic N) is 8. The molecule has 0 bridgehead atoms.